The van der Waals surface area contributed by atoms with E-state index in [1.165, 1.54) is 6.92 Å². The highest BCUT2D eigenvalue weighted by atomic mass is 16.7. The second kappa shape index (κ2) is 6.11. The topological polar surface area (TPSA) is 60.5 Å². The van der Waals surface area contributed by atoms with Crippen LogP contribution in [0.3, 0.4) is 0 Å². The van der Waals surface area contributed by atoms with Crippen LogP contribution in [0.2, 0.25) is 0 Å². The molecule has 0 bridgehead atoms. The number of rotatable bonds is 2. The fourth-order valence-electron chi connectivity index (χ4n) is 1.90. The van der Waals surface area contributed by atoms with Gasteiger partial charge in [-0.2, -0.15) is 0 Å². The third-order valence-electron chi connectivity index (χ3n) is 3.95. The lowest BCUT2D eigenvalue weighted by atomic mass is 9.80. The molecular weight excluding hydrogens is 279 g/mol. The highest BCUT2D eigenvalue weighted by molar-refractivity contribution is 6.62. The van der Waals surface area contributed by atoms with Crippen molar-refractivity contribution >= 4 is 18.5 Å². The SMILES string of the molecule is CC(=O)NCC#Cc1ccc(B2OC(C)(C)C(C)(C)O2)cn1. The molecule has 1 aromatic rings. The van der Waals surface area contributed by atoms with E-state index in [0.717, 1.165) is 5.46 Å². The largest absolute Gasteiger partial charge is 0.496 e. The van der Waals surface area contributed by atoms with Gasteiger partial charge >= 0.3 is 7.12 Å². The Morgan fingerprint density at radius 3 is 2.41 bits per heavy atom. The fourth-order valence-corrected chi connectivity index (χ4v) is 1.90. The van der Waals surface area contributed by atoms with Gasteiger partial charge in [0.05, 0.1) is 17.7 Å². The molecule has 22 heavy (non-hydrogen) atoms. The number of hydrogen-bond donors (Lipinski definition) is 1. The number of nitrogens with one attached hydrogen (secondary N) is 1. The average molecular weight is 300 g/mol. The molecule has 0 aliphatic carbocycles. The monoisotopic (exact) mass is 300 g/mol. The van der Waals surface area contributed by atoms with Crippen molar-refractivity contribution in [1.82, 2.24) is 10.3 Å². The molecule has 2 heterocycles. The van der Waals surface area contributed by atoms with E-state index in [-0.39, 0.29) is 17.1 Å². The zero-order chi connectivity index (χ0) is 16.4. The summed E-state index contributed by atoms with van der Waals surface area (Å²) in [5.74, 6) is 5.64. The molecule has 0 unspecified atom stereocenters. The van der Waals surface area contributed by atoms with Crippen LogP contribution in [0.4, 0.5) is 0 Å². The number of carbonyl (C=O) groups is 1. The van der Waals surface area contributed by atoms with Crippen LogP contribution < -0.4 is 10.8 Å². The lowest BCUT2D eigenvalue weighted by Crippen LogP contribution is -2.41. The summed E-state index contributed by atoms with van der Waals surface area (Å²) >= 11 is 0. The molecule has 0 saturated carbocycles. The number of carbonyl (C=O) groups excluding carboxylic acids is 1. The Hall–Kier alpha value is -1.84. The third-order valence-corrected chi connectivity index (χ3v) is 3.95. The molecule has 1 aliphatic rings. The Morgan fingerprint density at radius 2 is 1.91 bits per heavy atom. The summed E-state index contributed by atoms with van der Waals surface area (Å²) < 4.78 is 11.9. The minimum atomic E-state index is -0.418. The highest BCUT2D eigenvalue weighted by Gasteiger charge is 2.51. The van der Waals surface area contributed by atoms with Gasteiger partial charge in [-0.25, -0.2) is 4.98 Å². The van der Waals surface area contributed by atoms with Crippen molar-refractivity contribution in [2.24, 2.45) is 0 Å². The van der Waals surface area contributed by atoms with Crippen LogP contribution in [0.1, 0.15) is 40.3 Å². The summed E-state index contributed by atoms with van der Waals surface area (Å²) in [4.78, 5) is 15.0. The number of amides is 1. The summed E-state index contributed by atoms with van der Waals surface area (Å²) in [6.07, 6.45) is 1.71. The van der Waals surface area contributed by atoms with E-state index in [1.54, 1.807) is 6.20 Å². The standard InChI is InChI=1S/C16H21BN2O3/c1-12(20)18-10-6-7-14-9-8-13(11-19-14)17-21-15(2,3)16(4,5)22-17/h8-9,11H,10H2,1-5H3,(H,18,20). The molecule has 1 N–H and O–H groups in total. The molecule has 0 atom stereocenters. The molecule has 1 aromatic heterocycles. The molecule has 2 rings (SSSR count). The molecule has 0 aromatic carbocycles. The predicted molar refractivity (Wildman–Crippen MR) is 85.5 cm³/mol. The third kappa shape index (κ3) is 3.67. The molecule has 0 radical (unpaired) electrons. The van der Waals surface area contributed by atoms with Gasteiger partial charge in [0, 0.05) is 18.6 Å². The minimum absolute atomic E-state index is 0.0987. The average Bonchev–Trinajstić information content (AvgIpc) is 2.64. The van der Waals surface area contributed by atoms with E-state index in [9.17, 15) is 4.79 Å². The molecule has 1 saturated heterocycles. The van der Waals surface area contributed by atoms with Crippen molar-refractivity contribution in [3.05, 3.63) is 24.0 Å². The first-order valence-corrected chi connectivity index (χ1v) is 7.26. The Kier molecular flexibility index (Phi) is 4.59. The smallest absolute Gasteiger partial charge is 0.399 e. The Morgan fingerprint density at radius 1 is 1.27 bits per heavy atom. The van der Waals surface area contributed by atoms with E-state index in [2.05, 4.69) is 22.1 Å². The van der Waals surface area contributed by atoms with Gasteiger partial charge in [0.15, 0.2) is 0 Å². The van der Waals surface area contributed by atoms with Crippen LogP contribution >= 0.6 is 0 Å². The van der Waals surface area contributed by atoms with Crippen molar-refractivity contribution < 1.29 is 14.1 Å². The zero-order valence-corrected chi connectivity index (χ0v) is 13.7. The van der Waals surface area contributed by atoms with Gasteiger partial charge in [-0.3, -0.25) is 4.79 Å². The molecule has 5 nitrogen and oxygen atoms in total. The van der Waals surface area contributed by atoms with E-state index >= 15 is 0 Å². The second-order valence-electron chi connectivity index (χ2n) is 6.28. The van der Waals surface area contributed by atoms with E-state index < -0.39 is 7.12 Å². The lowest BCUT2D eigenvalue weighted by Gasteiger charge is -2.32. The predicted octanol–water partition coefficient (Wildman–Crippen LogP) is 0.868. The number of aromatic nitrogens is 1. The molecule has 6 heteroatoms. The summed E-state index contributed by atoms with van der Waals surface area (Å²) in [5.41, 5.74) is 0.778. The summed E-state index contributed by atoms with van der Waals surface area (Å²) in [6.45, 7) is 9.84. The number of pyridine rings is 1. The van der Waals surface area contributed by atoms with Crippen molar-refractivity contribution in [2.45, 2.75) is 45.8 Å². The number of nitrogens with zero attached hydrogens (tertiary/aromatic N) is 1. The highest BCUT2D eigenvalue weighted by Crippen LogP contribution is 2.36. The Bertz CT molecular complexity index is 599. The van der Waals surface area contributed by atoms with Crippen molar-refractivity contribution in [2.75, 3.05) is 6.54 Å². The van der Waals surface area contributed by atoms with Crippen LogP contribution in [0.25, 0.3) is 0 Å². The van der Waals surface area contributed by atoms with Crippen molar-refractivity contribution in [3.63, 3.8) is 0 Å². The van der Waals surface area contributed by atoms with Crippen LogP contribution in [-0.4, -0.2) is 35.8 Å². The van der Waals surface area contributed by atoms with Gasteiger partial charge in [0.2, 0.25) is 5.91 Å². The quantitative estimate of drug-likeness (QED) is 0.650. The van der Waals surface area contributed by atoms with Gasteiger partial charge in [-0.05, 0) is 39.7 Å². The molecule has 0 spiro atoms. The van der Waals surface area contributed by atoms with Gasteiger partial charge in [-0.1, -0.05) is 12.0 Å². The maximum atomic E-state index is 10.7. The first kappa shape index (κ1) is 16.5. The van der Waals surface area contributed by atoms with Gasteiger partial charge in [0.25, 0.3) is 0 Å². The van der Waals surface area contributed by atoms with Gasteiger partial charge in [0.1, 0.15) is 5.69 Å². The van der Waals surface area contributed by atoms with Crippen molar-refractivity contribution in [3.8, 4) is 11.8 Å². The minimum Gasteiger partial charge on any atom is -0.399 e. The molecule has 116 valence electrons. The molecule has 1 aliphatic heterocycles. The fraction of sp³-hybridized carbons (Fsp3) is 0.500. The van der Waals surface area contributed by atoms with E-state index in [0.29, 0.717) is 12.2 Å². The van der Waals surface area contributed by atoms with Crippen molar-refractivity contribution in [1.29, 1.82) is 0 Å². The Labute approximate surface area is 131 Å². The van der Waals surface area contributed by atoms with Crippen LogP contribution in [-0.2, 0) is 14.1 Å². The maximum absolute atomic E-state index is 10.7. The summed E-state index contributed by atoms with van der Waals surface area (Å²) in [5, 5.41) is 2.61. The molecule has 1 amide bonds. The molecule has 1 fully saturated rings. The van der Waals surface area contributed by atoms with Gasteiger partial charge in [-0.15, -0.1) is 0 Å². The lowest BCUT2D eigenvalue weighted by molar-refractivity contribution is -0.118. The summed E-state index contributed by atoms with van der Waals surface area (Å²) in [7, 11) is -0.418. The van der Waals surface area contributed by atoms with E-state index in [4.69, 9.17) is 9.31 Å². The normalized spacial score (nSPS) is 18.5. The second-order valence-corrected chi connectivity index (χ2v) is 6.28. The number of hydrogen-bond acceptors (Lipinski definition) is 4. The summed E-state index contributed by atoms with van der Waals surface area (Å²) in [6, 6.07) is 3.72. The molecular formula is C16H21BN2O3. The van der Waals surface area contributed by atoms with E-state index in [1.807, 2.05) is 39.8 Å². The zero-order valence-electron chi connectivity index (χ0n) is 13.7. The Balaban J connectivity index is 2.03. The van der Waals surface area contributed by atoms with Crippen LogP contribution in [0.15, 0.2) is 18.3 Å². The maximum Gasteiger partial charge on any atom is 0.496 e. The first-order chi connectivity index (χ1) is 10.2. The van der Waals surface area contributed by atoms with Crippen LogP contribution in [0.5, 0.6) is 0 Å². The van der Waals surface area contributed by atoms with Crippen LogP contribution in [0, 0.1) is 11.8 Å². The first-order valence-electron chi connectivity index (χ1n) is 7.26. The van der Waals surface area contributed by atoms with Gasteiger partial charge < -0.3 is 14.6 Å².